The van der Waals surface area contributed by atoms with E-state index in [2.05, 4.69) is 5.32 Å². The van der Waals surface area contributed by atoms with E-state index in [4.69, 9.17) is 39.5 Å². The molecule has 3 nitrogen and oxygen atoms in total. The number of ether oxygens (including phenoxy) is 1. The average molecular weight is 269 g/mol. The van der Waals surface area contributed by atoms with Crippen LogP contribution in [-0.4, -0.2) is 16.8 Å². The van der Waals surface area contributed by atoms with Gasteiger partial charge in [0.05, 0.1) is 7.11 Å². The molecule has 0 saturated carbocycles. The Bertz CT molecular complexity index is 363. The molecule has 0 radical (unpaired) electrons. The number of rotatable bonds is 2. The highest BCUT2D eigenvalue weighted by atomic mass is 35.6. The Hall–Kier alpha value is -0.640. The van der Waals surface area contributed by atoms with Crippen molar-refractivity contribution in [1.29, 1.82) is 0 Å². The maximum atomic E-state index is 11.3. The predicted molar refractivity (Wildman–Crippen MR) is 61.9 cm³/mol. The molecule has 0 aliphatic rings. The van der Waals surface area contributed by atoms with Gasteiger partial charge < -0.3 is 10.1 Å². The molecular formula is C9H8Cl3NO2. The van der Waals surface area contributed by atoms with E-state index in [-0.39, 0.29) is 0 Å². The van der Waals surface area contributed by atoms with Crippen molar-refractivity contribution >= 4 is 46.4 Å². The number of halogens is 3. The average Bonchev–Trinajstić information content (AvgIpc) is 2.16. The van der Waals surface area contributed by atoms with Crippen molar-refractivity contribution in [3.63, 3.8) is 0 Å². The van der Waals surface area contributed by atoms with Gasteiger partial charge in [-0.25, -0.2) is 0 Å². The minimum Gasteiger partial charge on any atom is -0.497 e. The van der Waals surface area contributed by atoms with Gasteiger partial charge in [0, 0.05) is 11.8 Å². The standard InChI is InChI=1S/C9H8Cl3NO2/c1-15-7-4-2-3-6(5-7)13-8(14)9(10,11)12/h2-5H,1H3,(H,13,14). The van der Waals surface area contributed by atoms with E-state index in [1.807, 2.05) is 0 Å². The van der Waals surface area contributed by atoms with Crippen LogP contribution in [0.2, 0.25) is 0 Å². The molecule has 0 saturated heterocycles. The quantitative estimate of drug-likeness (QED) is 0.837. The van der Waals surface area contributed by atoms with Crippen molar-refractivity contribution in [3.05, 3.63) is 24.3 Å². The van der Waals surface area contributed by atoms with E-state index in [1.54, 1.807) is 24.3 Å². The largest absolute Gasteiger partial charge is 0.497 e. The van der Waals surface area contributed by atoms with Crippen LogP contribution in [0.3, 0.4) is 0 Å². The molecule has 0 spiro atoms. The van der Waals surface area contributed by atoms with Crippen LogP contribution >= 0.6 is 34.8 Å². The molecular weight excluding hydrogens is 260 g/mol. The molecule has 0 unspecified atom stereocenters. The first-order valence-electron chi connectivity index (χ1n) is 3.95. The van der Waals surface area contributed by atoms with Crippen LogP contribution in [0.25, 0.3) is 0 Å². The SMILES string of the molecule is COc1cccc(NC(=O)C(Cl)(Cl)Cl)c1. The zero-order valence-corrected chi connectivity index (χ0v) is 10.0. The van der Waals surface area contributed by atoms with Crippen molar-refractivity contribution in [2.45, 2.75) is 3.79 Å². The molecule has 1 aromatic rings. The summed E-state index contributed by atoms with van der Waals surface area (Å²) in [5.41, 5.74) is 0.505. The second-order valence-electron chi connectivity index (χ2n) is 2.68. The fourth-order valence-electron chi connectivity index (χ4n) is 0.903. The van der Waals surface area contributed by atoms with Gasteiger partial charge in [0.15, 0.2) is 0 Å². The first-order chi connectivity index (χ1) is 6.93. The van der Waals surface area contributed by atoms with Crippen LogP contribution in [0.15, 0.2) is 24.3 Å². The summed E-state index contributed by atoms with van der Waals surface area (Å²) in [6.07, 6.45) is 0. The molecule has 1 aromatic carbocycles. The molecule has 6 heteroatoms. The van der Waals surface area contributed by atoms with E-state index in [1.165, 1.54) is 7.11 Å². The summed E-state index contributed by atoms with van der Waals surface area (Å²) in [5.74, 6) is -0.0992. The first-order valence-corrected chi connectivity index (χ1v) is 5.09. The summed E-state index contributed by atoms with van der Waals surface area (Å²) in [4.78, 5) is 11.3. The van der Waals surface area contributed by atoms with E-state index in [0.717, 1.165) is 0 Å². The number of hydrogen-bond donors (Lipinski definition) is 1. The lowest BCUT2D eigenvalue weighted by Crippen LogP contribution is -2.26. The summed E-state index contributed by atoms with van der Waals surface area (Å²) >= 11 is 16.2. The van der Waals surface area contributed by atoms with E-state index in [0.29, 0.717) is 11.4 Å². The van der Waals surface area contributed by atoms with E-state index < -0.39 is 9.70 Å². The summed E-state index contributed by atoms with van der Waals surface area (Å²) in [7, 11) is 1.52. The number of nitrogens with one attached hydrogen (secondary N) is 1. The maximum Gasteiger partial charge on any atom is 0.276 e. The monoisotopic (exact) mass is 267 g/mol. The number of hydrogen-bond acceptors (Lipinski definition) is 2. The molecule has 0 aromatic heterocycles. The van der Waals surface area contributed by atoms with Crippen LogP contribution in [0.4, 0.5) is 5.69 Å². The maximum absolute atomic E-state index is 11.3. The molecule has 0 aliphatic heterocycles. The summed E-state index contributed by atoms with van der Waals surface area (Å²) in [6.45, 7) is 0. The topological polar surface area (TPSA) is 38.3 Å². The van der Waals surface area contributed by atoms with Gasteiger partial charge in [-0.3, -0.25) is 4.79 Å². The van der Waals surface area contributed by atoms with Gasteiger partial charge in [-0.1, -0.05) is 40.9 Å². The molecule has 0 heterocycles. The normalized spacial score (nSPS) is 10.9. The highest BCUT2D eigenvalue weighted by molar-refractivity contribution is 6.76. The third-order valence-corrected chi connectivity index (χ3v) is 2.10. The third kappa shape index (κ3) is 3.78. The molecule has 0 aliphatic carbocycles. The smallest absolute Gasteiger partial charge is 0.276 e. The molecule has 82 valence electrons. The molecule has 15 heavy (non-hydrogen) atoms. The number of amides is 1. The lowest BCUT2D eigenvalue weighted by molar-refractivity contribution is -0.115. The van der Waals surface area contributed by atoms with Gasteiger partial charge in [0.1, 0.15) is 5.75 Å². The predicted octanol–water partition coefficient (Wildman–Crippen LogP) is 3.00. The minimum absolute atomic E-state index is 0.505. The Morgan fingerprint density at radius 2 is 2.07 bits per heavy atom. The Morgan fingerprint density at radius 3 is 2.60 bits per heavy atom. The second kappa shape index (κ2) is 4.92. The zero-order valence-electron chi connectivity index (χ0n) is 7.76. The van der Waals surface area contributed by atoms with Gasteiger partial charge in [-0.2, -0.15) is 0 Å². The highest BCUT2D eigenvalue weighted by Crippen LogP contribution is 2.28. The molecule has 0 fully saturated rings. The fourth-order valence-corrected chi connectivity index (χ4v) is 1.04. The molecule has 0 atom stereocenters. The Kier molecular flexibility index (Phi) is 4.08. The number of alkyl halides is 3. The molecule has 1 N–H and O–H groups in total. The Labute approximate surface area is 102 Å². The molecule has 1 rings (SSSR count). The van der Waals surface area contributed by atoms with Crippen LogP contribution in [-0.2, 0) is 4.79 Å². The van der Waals surface area contributed by atoms with Gasteiger partial charge in [0.25, 0.3) is 9.70 Å². The number of carbonyl (C=O) groups excluding carboxylic acids is 1. The van der Waals surface area contributed by atoms with Crippen molar-refractivity contribution in [1.82, 2.24) is 0 Å². The van der Waals surface area contributed by atoms with Crippen molar-refractivity contribution in [2.75, 3.05) is 12.4 Å². The van der Waals surface area contributed by atoms with Crippen molar-refractivity contribution in [2.24, 2.45) is 0 Å². The summed E-state index contributed by atoms with van der Waals surface area (Å²) in [5, 5.41) is 2.44. The van der Waals surface area contributed by atoms with Crippen molar-refractivity contribution in [3.8, 4) is 5.75 Å². The number of carbonyl (C=O) groups is 1. The molecule has 0 bridgehead atoms. The van der Waals surface area contributed by atoms with Crippen LogP contribution in [0.5, 0.6) is 5.75 Å². The third-order valence-electron chi connectivity index (χ3n) is 1.59. The zero-order chi connectivity index (χ0) is 11.5. The van der Waals surface area contributed by atoms with E-state index >= 15 is 0 Å². The number of anilines is 1. The minimum atomic E-state index is -1.97. The van der Waals surface area contributed by atoms with Crippen molar-refractivity contribution < 1.29 is 9.53 Å². The summed E-state index contributed by atoms with van der Waals surface area (Å²) < 4.78 is 3.00. The first kappa shape index (κ1) is 12.4. The van der Waals surface area contributed by atoms with Crippen LogP contribution < -0.4 is 10.1 Å². The van der Waals surface area contributed by atoms with E-state index in [9.17, 15) is 4.79 Å². The lowest BCUT2D eigenvalue weighted by Gasteiger charge is -2.11. The Morgan fingerprint density at radius 1 is 1.40 bits per heavy atom. The van der Waals surface area contributed by atoms with Gasteiger partial charge in [-0.05, 0) is 12.1 Å². The van der Waals surface area contributed by atoms with Gasteiger partial charge in [-0.15, -0.1) is 0 Å². The number of benzene rings is 1. The Balaban J connectivity index is 2.77. The molecule has 1 amide bonds. The van der Waals surface area contributed by atoms with Gasteiger partial charge >= 0.3 is 0 Å². The summed E-state index contributed by atoms with van der Waals surface area (Å²) in [6, 6.07) is 6.74. The van der Waals surface area contributed by atoms with Crippen LogP contribution in [0, 0.1) is 0 Å². The fraction of sp³-hybridized carbons (Fsp3) is 0.222. The highest BCUT2D eigenvalue weighted by Gasteiger charge is 2.30. The van der Waals surface area contributed by atoms with Crippen LogP contribution in [0.1, 0.15) is 0 Å². The van der Waals surface area contributed by atoms with Gasteiger partial charge in [0.2, 0.25) is 0 Å². The number of methoxy groups -OCH3 is 1. The lowest BCUT2D eigenvalue weighted by atomic mass is 10.3. The second-order valence-corrected chi connectivity index (χ2v) is 4.97.